The van der Waals surface area contributed by atoms with Crippen LogP contribution in [0, 0.1) is 6.92 Å². The normalized spacial score (nSPS) is 11.5. The van der Waals surface area contributed by atoms with Crippen molar-refractivity contribution < 1.29 is 0 Å². The summed E-state index contributed by atoms with van der Waals surface area (Å²) in [6.07, 6.45) is 2.91. The van der Waals surface area contributed by atoms with Gasteiger partial charge in [0.25, 0.3) is 0 Å². The Morgan fingerprint density at radius 3 is 2.64 bits per heavy atom. The molecule has 0 aliphatic heterocycles. The van der Waals surface area contributed by atoms with Crippen molar-refractivity contribution in [1.29, 1.82) is 0 Å². The molecule has 14 heavy (non-hydrogen) atoms. The van der Waals surface area contributed by atoms with Gasteiger partial charge in [0.15, 0.2) is 0 Å². The number of nitrogens with one attached hydrogen (secondary N) is 1. The highest BCUT2D eigenvalue weighted by Crippen LogP contribution is 2.20. The lowest BCUT2D eigenvalue weighted by molar-refractivity contribution is 0.545. The Hall–Kier alpha value is -0.570. The fourth-order valence-electron chi connectivity index (χ4n) is 1.04. The minimum Gasteiger partial charge on any atom is -0.365 e. The van der Waals surface area contributed by atoms with E-state index < -0.39 is 0 Å². The number of hydrogen-bond donors (Lipinski definition) is 1. The predicted molar refractivity (Wildman–Crippen MR) is 64.7 cm³/mol. The standard InChI is InChI=1S/C11H17BrN2/c1-5-11(3,4)14-10-6-8(2)9(12)7-13-10/h6-7H,5H2,1-4H3,(H,13,14). The molecule has 0 bridgehead atoms. The van der Waals surface area contributed by atoms with Crippen LogP contribution >= 0.6 is 15.9 Å². The molecule has 0 amide bonds. The summed E-state index contributed by atoms with van der Waals surface area (Å²) in [6.45, 7) is 8.58. The summed E-state index contributed by atoms with van der Waals surface area (Å²) in [5.74, 6) is 0.942. The lowest BCUT2D eigenvalue weighted by Gasteiger charge is -2.25. The number of rotatable bonds is 3. The molecule has 1 N–H and O–H groups in total. The van der Waals surface area contributed by atoms with Crippen molar-refractivity contribution in [1.82, 2.24) is 4.98 Å². The van der Waals surface area contributed by atoms with E-state index in [1.165, 1.54) is 5.56 Å². The summed E-state index contributed by atoms with van der Waals surface area (Å²) in [5.41, 5.74) is 1.31. The van der Waals surface area contributed by atoms with Gasteiger partial charge in [-0.3, -0.25) is 0 Å². The van der Waals surface area contributed by atoms with Crippen LogP contribution in [0.5, 0.6) is 0 Å². The first-order chi connectivity index (χ1) is 6.44. The zero-order chi connectivity index (χ0) is 10.8. The van der Waals surface area contributed by atoms with Gasteiger partial charge in [0.05, 0.1) is 0 Å². The second kappa shape index (κ2) is 4.30. The average molecular weight is 257 g/mol. The van der Waals surface area contributed by atoms with Crippen molar-refractivity contribution in [3.8, 4) is 0 Å². The lowest BCUT2D eigenvalue weighted by atomic mass is 10.0. The van der Waals surface area contributed by atoms with Crippen LogP contribution in [0.3, 0.4) is 0 Å². The van der Waals surface area contributed by atoms with E-state index in [2.05, 4.69) is 60.0 Å². The highest BCUT2D eigenvalue weighted by atomic mass is 79.9. The molecule has 0 unspecified atom stereocenters. The Morgan fingerprint density at radius 1 is 1.50 bits per heavy atom. The van der Waals surface area contributed by atoms with Crippen molar-refractivity contribution in [2.75, 3.05) is 5.32 Å². The molecule has 0 radical (unpaired) electrons. The highest BCUT2D eigenvalue weighted by Gasteiger charge is 2.14. The van der Waals surface area contributed by atoms with Gasteiger partial charge in [0.2, 0.25) is 0 Å². The smallest absolute Gasteiger partial charge is 0.126 e. The second-order valence-electron chi connectivity index (χ2n) is 4.18. The quantitative estimate of drug-likeness (QED) is 0.891. The summed E-state index contributed by atoms with van der Waals surface area (Å²) in [4.78, 5) is 4.31. The van der Waals surface area contributed by atoms with E-state index in [4.69, 9.17) is 0 Å². The highest BCUT2D eigenvalue weighted by molar-refractivity contribution is 9.10. The number of aryl methyl sites for hydroxylation is 1. The zero-order valence-electron chi connectivity index (χ0n) is 9.19. The van der Waals surface area contributed by atoms with Gasteiger partial charge in [-0.05, 0) is 54.8 Å². The van der Waals surface area contributed by atoms with Crippen LogP contribution in [0.15, 0.2) is 16.7 Å². The third-order valence-electron chi connectivity index (χ3n) is 2.40. The number of hydrogen-bond acceptors (Lipinski definition) is 2. The van der Waals surface area contributed by atoms with Crippen LogP contribution in [0.25, 0.3) is 0 Å². The topological polar surface area (TPSA) is 24.9 Å². The monoisotopic (exact) mass is 256 g/mol. The Bertz CT molecular complexity index is 321. The van der Waals surface area contributed by atoms with Crippen LogP contribution in [-0.2, 0) is 0 Å². The summed E-state index contributed by atoms with van der Waals surface area (Å²) in [5, 5.41) is 3.40. The van der Waals surface area contributed by atoms with Gasteiger partial charge < -0.3 is 5.32 Å². The SMILES string of the molecule is CCC(C)(C)Nc1cc(C)c(Br)cn1. The number of nitrogens with zero attached hydrogens (tertiary/aromatic N) is 1. The van der Waals surface area contributed by atoms with Crippen LogP contribution in [0.2, 0.25) is 0 Å². The van der Waals surface area contributed by atoms with Gasteiger partial charge in [0.1, 0.15) is 5.82 Å². The van der Waals surface area contributed by atoms with Crippen molar-refractivity contribution in [3.05, 3.63) is 22.3 Å². The molecule has 0 aliphatic rings. The molecule has 0 fully saturated rings. The summed E-state index contributed by atoms with van der Waals surface area (Å²) in [7, 11) is 0. The maximum Gasteiger partial charge on any atom is 0.126 e. The Balaban J connectivity index is 2.83. The van der Waals surface area contributed by atoms with E-state index in [0.29, 0.717) is 0 Å². The zero-order valence-corrected chi connectivity index (χ0v) is 10.8. The Morgan fingerprint density at radius 2 is 2.14 bits per heavy atom. The largest absolute Gasteiger partial charge is 0.365 e. The minimum absolute atomic E-state index is 0.104. The molecule has 1 heterocycles. The fourth-order valence-corrected chi connectivity index (χ4v) is 1.26. The van der Waals surface area contributed by atoms with E-state index in [-0.39, 0.29) is 5.54 Å². The lowest BCUT2D eigenvalue weighted by Crippen LogP contribution is -2.30. The summed E-state index contributed by atoms with van der Waals surface area (Å²) < 4.78 is 1.05. The van der Waals surface area contributed by atoms with E-state index in [1.807, 2.05) is 6.20 Å². The molecular weight excluding hydrogens is 240 g/mol. The molecule has 0 spiro atoms. The predicted octanol–water partition coefficient (Wildman–Crippen LogP) is 3.75. The van der Waals surface area contributed by atoms with Gasteiger partial charge in [-0.15, -0.1) is 0 Å². The van der Waals surface area contributed by atoms with Crippen LogP contribution in [0.1, 0.15) is 32.8 Å². The average Bonchev–Trinajstić information content (AvgIpc) is 2.11. The first-order valence-electron chi connectivity index (χ1n) is 4.85. The van der Waals surface area contributed by atoms with Crippen molar-refractivity contribution in [2.24, 2.45) is 0 Å². The number of aromatic nitrogens is 1. The molecule has 0 aliphatic carbocycles. The van der Waals surface area contributed by atoms with Gasteiger partial charge >= 0.3 is 0 Å². The molecule has 1 aromatic rings. The third kappa shape index (κ3) is 2.98. The summed E-state index contributed by atoms with van der Waals surface area (Å²) in [6, 6.07) is 2.06. The first-order valence-corrected chi connectivity index (χ1v) is 5.64. The molecule has 3 heteroatoms. The van der Waals surface area contributed by atoms with Gasteiger partial charge in [-0.25, -0.2) is 4.98 Å². The van der Waals surface area contributed by atoms with Gasteiger partial charge in [-0.1, -0.05) is 6.92 Å². The molecule has 0 saturated carbocycles. The van der Waals surface area contributed by atoms with Gasteiger partial charge in [0, 0.05) is 16.2 Å². The summed E-state index contributed by atoms with van der Waals surface area (Å²) >= 11 is 3.44. The molecular formula is C11H17BrN2. The molecule has 0 aromatic carbocycles. The maximum atomic E-state index is 4.31. The molecule has 2 nitrogen and oxygen atoms in total. The molecule has 0 saturated heterocycles. The van der Waals surface area contributed by atoms with Crippen LogP contribution in [-0.4, -0.2) is 10.5 Å². The third-order valence-corrected chi connectivity index (χ3v) is 3.23. The van der Waals surface area contributed by atoms with E-state index in [1.54, 1.807) is 0 Å². The molecule has 78 valence electrons. The van der Waals surface area contributed by atoms with Crippen molar-refractivity contribution in [2.45, 2.75) is 39.7 Å². The van der Waals surface area contributed by atoms with E-state index in [9.17, 15) is 0 Å². The van der Waals surface area contributed by atoms with Crippen LogP contribution < -0.4 is 5.32 Å². The Kier molecular flexibility index (Phi) is 3.53. The van der Waals surface area contributed by atoms with E-state index >= 15 is 0 Å². The number of halogens is 1. The molecule has 0 atom stereocenters. The molecule has 1 aromatic heterocycles. The second-order valence-corrected chi connectivity index (χ2v) is 5.04. The Labute approximate surface area is 94.3 Å². The van der Waals surface area contributed by atoms with Crippen LogP contribution in [0.4, 0.5) is 5.82 Å². The minimum atomic E-state index is 0.104. The molecule has 1 rings (SSSR count). The number of anilines is 1. The van der Waals surface area contributed by atoms with E-state index in [0.717, 1.165) is 16.7 Å². The fraction of sp³-hybridized carbons (Fsp3) is 0.545. The maximum absolute atomic E-state index is 4.31. The van der Waals surface area contributed by atoms with Gasteiger partial charge in [-0.2, -0.15) is 0 Å². The van der Waals surface area contributed by atoms with Crippen molar-refractivity contribution >= 4 is 21.7 Å². The number of pyridine rings is 1. The van der Waals surface area contributed by atoms with Crippen molar-refractivity contribution in [3.63, 3.8) is 0 Å². The first kappa shape index (κ1) is 11.5.